The zero-order valence-corrected chi connectivity index (χ0v) is 13.6. The molecule has 1 amide bonds. The Kier molecular flexibility index (Phi) is 5.23. The number of ether oxygens (including phenoxy) is 1. The molecule has 1 heterocycles. The number of amides is 1. The van der Waals surface area contributed by atoms with Gasteiger partial charge in [0, 0.05) is 26.2 Å². The Hall–Kier alpha value is -1.55. The van der Waals surface area contributed by atoms with Crippen LogP contribution in [-0.4, -0.2) is 54.5 Å². The summed E-state index contributed by atoms with van der Waals surface area (Å²) < 4.78 is 5.84. The maximum Gasteiger partial charge on any atom is 0.263 e. The van der Waals surface area contributed by atoms with Gasteiger partial charge in [-0.3, -0.25) is 4.79 Å². The van der Waals surface area contributed by atoms with E-state index in [-0.39, 0.29) is 5.91 Å². The van der Waals surface area contributed by atoms with Crippen LogP contribution in [-0.2, 0) is 4.79 Å². The minimum absolute atomic E-state index is 0.0879. The molecule has 21 heavy (non-hydrogen) atoms. The van der Waals surface area contributed by atoms with E-state index < -0.39 is 6.10 Å². The number of aryl methyl sites for hydroxylation is 2. The van der Waals surface area contributed by atoms with Gasteiger partial charge in [0.25, 0.3) is 5.91 Å². The van der Waals surface area contributed by atoms with Gasteiger partial charge in [0.1, 0.15) is 5.75 Å². The lowest BCUT2D eigenvalue weighted by atomic mass is 10.1. The summed E-state index contributed by atoms with van der Waals surface area (Å²) >= 11 is 0. The molecule has 0 aliphatic carbocycles. The number of carbonyl (C=O) groups is 1. The number of piperazine rings is 1. The highest BCUT2D eigenvalue weighted by Crippen LogP contribution is 2.18. The molecule has 4 nitrogen and oxygen atoms in total. The van der Waals surface area contributed by atoms with E-state index in [1.54, 1.807) is 0 Å². The largest absolute Gasteiger partial charge is 0.481 e. The monoisotopic (exact) mass is 290 g/mol. The van der Waals surface area contributed by atoms with Crippen LogP contribution in [0, 0.1) is 13.8 Å². The summed E-state index contributed by atoms with van der Waals surface area (Å²) in [6.45, 7) is 12.6. The van der Waals surface area contributed by atoms with Crippen molar-refractivity contribution in [1.82, 2.24) is 9.80 Å². The zero-order chi connectivity index (χ0) is 15.4. The Balaban J connectivity index is 1.93. The van der Waals surface area contributed by atoms with Crippen LogP contribution in [0.25, 0.3) is 0 Å². The lowest BCUT2D eigenvalue weighted by Gasteiger charge is -2.35. The average Bonchev–Trinajstić information content (AvgIpc) is 2.45. The highest BCUT2D eigenvalue weighted by atomic mass is 16.5. The van der Waals surface area contributed by atoms with Gasteiger partial charge in [-0.25, -0.2) is 0 Å². The van der Waals surface area contributed by atoms with Gasteiger partial charge in [0.2, 0.25) is 0 Å². The van der Waals surface area contributed by atoms with Crippen LogP contribution in [0.3, 0.4) is 0 Å². The van der Waals surface area contributed by atoms with Gasteiger partial charge in [0.15, 0.2) is 6.10 Å². The van der Waals surface area contributed by atoms with Crippen molar-refractivity contribution in [2.24, 2.45) is 0 Å². The van der Waals surface area contributed by atoms with E-state index >= 15 is 0 Å². The second-order valence-electron chi connectivity index (χ2n) is 5.84. The highest BCUT2D eigenvalue weighted by molar-refractivity contribution is 5.81. The maximum atomic E-state index is 12.4. The molecule has 4 heteroatoms. The Morgan fingerprint density at radius 3 is 2.24 bits per heavy atom. The molecule has 0 unspecified atom stereocenters. The Bertz CT molecular complexity index is 473. The SMILES string of the molecule is CCN1CCN(C(=O)[C@@H](C)Oc2cc(C)cc(C)c2)CC1. The minimum atomic E-state index is -0.431. The standard InChI is InChI=1S/C17H26N2O2/c1-5-18-6-8-19(9-7-18)17(20)15(4)21-16-11-13(2)10-14(3)12-16/h10-12,15H,5-9H2,1-4H3/t15-/m1/s1. The molecule has 1 aliphatic rings. The Morgan fingerprint density at radius 2 is 1.71 bits per heavy atom. The Morgan fingerprint density at radius 1 is 1.14 bits per heavy atom. The van der Waals surface area contributed by atoms with E-state index in [9.17, 15) is 4.79 Å². The molecule has 2 rings (SSSR count). The molecular formula is C17H26N2O2. The van der Waals surface area contributed by atoms with Crippen molar-refractivity contribution in [3.05, 3.63) is 29.3 Å². The van der Waals surface area contributed by atoms with Crippen LogP contribution in [0.1, 0.15) is 25.0 Å². The first-order valence-corrected chi connectivity index (χ1v) is 7.75. The van der Waals surface area contributed by atoms with Crippen LogP contribution < -0.4 is 4.74 Å². The smallest absolute Gasteiger partial charge is 0.263 e. The molecule has 0 saturated carbocycles. The molecular weight excluding hydrogens is 264 g/mol. The molecule has 1 aromatic rings. The summed E-state index contributed by atoms with van der Waals surface area (Å²) in [7, 11) is 0. The Labute approximate surface area is 127 Å². The molecule has 116 valence electrons. The number of nitrogens with zero attached hydrogens (tertiary/aromatic N) is 2. The van der Waals surface area contributed by atoms with Crippen molar-refractivity contribution in [1.29, 1.82) is 0 Å². The molecule has 1 fully saturated rings. The van der Waals surface area contributed by atoms with E-state index in [0.29, 0.717) is 0 Å². The van der Waals surface area contributed by atoms with Gasteiger partial charge in [-0.1, -0.05) is 13.0 Å². The van der Waals surface area contributed by atoms with Gasteiger partial charge in [-0.05, 0) is 50.6 Å². The van der Waals surface area contributed by atoms with Crippen molar-refractivity contribution in [2.75, 3.05) is 32.7 Å². The van der Waals surface area contributed by atoms with E-state index in [4.69, 9.17) is 4.74 Å². The summed E-state index contributed by atoms with van der Waals surface area (Å²) in [5.74, 6) is 0.866. The van der Waals surface area contributed by atoms with Crippen LogP contribution in [0.15, 0.2) is 18.2 Å². The third-order valence-electron chi connectivity index (χ3n) is 3.99. The van der Waals surface area contributed by atoms with E-state index in [2.05, 4.69) is 17.9 Å². The summed E-state index contributed by atoms with van der Waals surface area (Å²) in [5.41, 5.74) is 2.31. The number of hydrogen-bond acceptors (Lipinski definition) is 3. The summed E-state index contributed by atoms with van der Waals surface area (Å²) in [6.07, 6.45) is -0.431. The molecule has 0 N–H and O–H groups in total. The fourth-order valence-electron chi connectivity index (χ4n) is 2.80. The molecule has 1 saturated heterocycles. The van der Waals surface area contributed by atoms with Crippen molar-refractivity contribution < 1.29 is 9.53 Å². The summed E-state index contributed by atoms with van der Waals surface area (Å²) in [6, 6.07) is 6.06. The number of hydrogen-bond donors (Lipinski definition) is 0. The fourth-order valence-corrected chi connectivity index (χ4v) is 2.80. The van der Waals surface area contributed by atoms with Gasteiger partial charge >= 0.3 is 0 Å². The third kappa shape index (κ3) is 4.21. The lowest BCUT2D eigenvalue weighted by molar-refractivity contribution is -0.139. The highest BCUT2D eigenvalue weighted by Gasteiger charge is 2.25. The second kappa shape index (κ2) is 6.94. The lowest BCUT2D eigenvalue weighted by Crippen LogP contribution is -2.51. The topological polar surface area (TPSA) is 32.8 Å². The van der Waals surface area contributed by atoms with E-state index in [1.165, 1.54) is 0 Å². The van der Waals surface area contributed by atoms with E-state index in [0.717, 1.165) is 49.6 Å². The first kappa shape index (κ1) is 15.8. The number of benzene rings is 1. The fraction of sp³-hybridized carbons (Fsp3) is 0.588. The van der Waals surface area contributed by atoms with Gasteiger partial charge in [-0.15, -0.1) is 0 Å². The van der Waals surface area contributed by atoms with Crippen LogP contribution in [0.5, 0.6) is 5.75 Å². The number of likely N-dealkylation sites (N-methyl/N-ethyl adjacent to an activating group) is 1. The molecule has 1 aliphatic heterocycles. The summed E-state index contributed by atoms with van der Waals surface area (Å²) in [5, 5.41) is 0. The normalized spacial score (nSPS) is 17.6. The van der Waals surface area contributed by atoms with E-state index in [1.807, 2.05) is 37.8 Å². The van der Waals surface area contributed by atoms with Crippen molar-refractivity contribution in [3.63, 3.8) is 0 Å². The number of rotatable bonds is 4. The van der Waals surface area contributed by atoms with Crippen molar-refractivity contribution >= 4 is 5.91 Å². The average molecular weight is 290 g/mol. The summed E-state index contributed by atoms with van der Waals surface area (Å²) in [4.78, 5) is 16.7. The minimum Gasteiger partial charge on any atom is -0.481 e. The molecule has 0 radical (unpaired) electrons. The predicted octanol–water partition coefficient (Wildman–Crippen LogP) is 2.23. The molecule has 1 aromatic carbocycles. The molecule has 0 aromatic heterocycles. The second-order valence-corrected chi connectivity index (χ2v) is 5.84. The van der Waals surface area contributed by atoms with Crippen LogP contribution in [0.4, 0.5) is 0 Å². The number of carbonyl (C=O) groups excluding carboxylic acids is 1. The third-order valence-corrected chi connectivity index (χ3v) is 3.99. The zero-order valence-electron chi connectivity index (χ0n) is 13.6. The van der Waals surface area contributed by atoms with Crippen LogP contribution in [0.2, 0.25) is 0 Å². The van der Waals surface area contributed by atoms with Gasteiger partial charge in [-0.2, -0.15) is 0 Å². The van der Waals surface area contributed by atoms with Gasteiger partial charge in [0.05, 0.1) is 0 Å². The molecule has 0 spiro atoms. The first-order chi connectivity index (χ1) is 9.99. The first-order valence-electron chi connectivity index (χ1n) is 7.75. The van der Waals surface area contributed by atoms with Gasteiger partial charge < -0.3 is 14.5 Å². The van der Waals surface area contributed by atoms with Crippen molar-refractivity contribution in [2.45, 2.75) is 33.8 Å². The predicted molar refractivity (Wildman–Crippen MR) is 84.7 cm³/mol. The molecule has 0 bridgehead atoms. The van der Waals surface area contributed by atoms with Crippen LogP contribution >= 0.6 is 0 Å². The van der Waals surface area contributed by atoms with Crippen molar-refractivity contribution in [3.8, 4) is 5.75 Å². The quantitative estimate of drug-likeness (QED) is 0.852. The molecule has 1 atom stereocenters. The maximum absolute atomic E-state index is 12.4.